The highest BCUT2D eigenvalue weighted by Gasteiger charge is 2.15. The van der Waals surface area contributed by atoms with E-state index in [4.69, 9.17) is 4.74 Å². The van der Waals surface area contributed by atoms with Crippen molar-refractivity contribution in [3.8, 4) is 0 Å². The number of amides is 1. The van der Waals surface area contributed by atoms with E-state index >= 15 is 0 Å². The summed E-state index contributed by atoms with van der Waals surface area (Å²) in [5, 5.41) is 6.14. The average molecular weight is 263 g/mol. The zero-order chi connectivity index (χ0) is 13.5. The van der Waals surface area contributed by atoms with Crippen LogP contribution in [0.2, 0.25) is 0 Å². The van der Waals surface area contributed by atoms with Crippen molar-refractivity contribution in [3.63, 3.8) is 0 Å². The molecule has 2 rings (SSSR count). The standard InChI is InChI=1S/C14H21N3O2/c1-19-9-7-15-10-12-2-4-13(5-3-12)17-8-6-16-14(18)11-17/h2-5,15H,6-11H2,1H3,(H,16,18). The molecular formula is C14H21N3O2. The lowest BCUT2D eigenvalue weighted by molar-refractivity contribution is -0.120. The zero-order valence-electron chi connectivity index (χ0n) is 11.3. The number of hydrogen-bond acceptors (Lipinski definition) is 4. The third-order valence-electron chi connectivity index (χ3n) is 3.15. The Morgan fingerprint density at radius 3 is 2.84 bits per heavy atom. The van der Waals surface area contributed by atoms with Crippen molar-refractivity contribution in [2.45, 2.75) is 6.54 Å². The van der Waals surface area contributed by atoms with Gasteiger partial charge in [0.2, 0.25) is 5.91 Å². The Kier molecular flexibility index (Phi) is 5.18. The lowest BCUT2D eigenvalue weighted by atomic mass is 10.2. The van der Waals surface area contributed by atoms with Crippen molar-refractivity contribution in [2.24, 2.45) is 0 Å². The predicted octanol–water partition coefficient (Wildman–Crippen LogP) is 0.359. The maximum Gasteiger partial charge on any atom is 0.239 e. The van der Waals surface area contributed by atoms with Crippen LogP contribution in [0.25, 0.3) is 0 Å². The second-order valence-corrected chi connectivity index (χ2v) is 4.61. The summed E-state index contributed by atoms with van der Waals surface area (Å²) < 4.78 is 4.98. The fraction of sp³-hybridized carbons (Fsp3) is 0.500. The molecule has 0 saturated carbocycles. The van der Waals surface area contributed by atoms with Crippen LogP contribution in [-0.4, -0.2) is 45.8 Å². The number of nitrogens with zero attached hydrogens (tertiary/aromatic N) is 1. The second kappa shape index (κ2) is 7.11. The zero-order valence-corrected chi connectivity index (χ0v) is 11.3. The molecule has 1 aromatic rings. The van der Waals surface area contributed by atoms with Crippen LogP contribution < -0.4 is 15.5 Å². The summed E-state index contributed by atoms with van der Waals surface area (Å²) in [5.41, 5.74) is 2.34. The Labute approximate surface area is 113 Å². The summed E-state index contributed by atoms with van der Waals surface area (Å²) >= 11 is 0. The number of rotatable bonds is 6. The number of ether oxygens (including phenoxy) is 1. The van der Waals surface area contributed by atoms with Crippen LogP contribution in [0.5, 0.6) is 0 Å². The molecule has 5 heteroatoms. The topological polar surface area (TPSA) is 53.6 Å². The molecule has 104 valence electrons. The van der Waals surface area contributed by atoms with Gasteiger partial charge in [0.25, 0.3) is 0 Å². The van der Waals surface area contributed by atoms with E-state index < -0.39 is 0 Å². The molecule has 1 aliphatic rings. The largest absolute Gasteiger partial charge is 0.383 e. The Bertz CT molecular complexity index is 406. The van der Waals surface area contributed by atoms with Crippen molar-refractivity contribution < 1.29 is 9.53 Å². The summed E-state index contributed by atoms with van der Waals surface area (Å²) in [5.74, 6) is 0.0940. The Morgan fingerprint density at radius 1 is 1.37 bits per heavy atom. The molecule has 1 heterocycles. The highest BCUT2D eigenvalue weighted by atomic mass is 16.5. The smallest absolute Gasteiger partial charge is 0.239 e. The lowest BCUT2D eigenvalue weighted by Gasteiger charge is -2.28. The first-order valence-corrected chi connectivity index (χ1v) is 6.60. The first-order valence-electron chi connectivity index (χ1n) is 6.60. The van der Waals surface area contributed by atoms with Gasteiger partial charge in [-0.15, -0.1) is 0 Å². The van der Waals surface area contributed by atoms with Gasteiger partial charge in [-0.05, 0) is 17.7 Å². The fourth-order valence-corrected chi connectivity index (χ4v) is 2.09. The number of carbonyl (C=O) groups is 1. The summed E-state index contributed by atoms with van der Waals surface area (Å²) in [6.07, 6.45) is 0. The normalized spacial score (nSPS) is 15.4. The molecule has 1 aromatic carbocycles. The average Bonchev–Trinajstić information content (AvgIpc) is 2.44. The molecule has 5 nitrogen and oxygen atoms in total. The molecule has 2 N–H and O–H groups in total. The molecule has 1 aliphatic heterocycles. The van der Waals surface area contributed by atoms with Crippen LogP contribution >= 0.6 is 0 Å². The minimum atomic E-state index is 0.0940. The van der Waals surface area contributed by atoms with Crippen LogP contribution in [0.3, 0.4) is 0 Å². The first kappa shape index (κ1) is 13.8. The lowest BCUT2D eigenvalue weighted by Crippen LogP contribution is -2.47. The van der Waals surface area contributed by atoms with E-state index in [2.05, 4.69) is 39.8 Å². The van der Waals surface area contributed by atoms with E-state index in [1.54, 1.807) is 7.11 Å². The second-order valence-electron chi connectivity index (χ2n) is 4.61. The third-order valence-corrected chi connectivity index (χ3v) is 3.15. The van der Waals surface area contributed by atoms with E-state index in [0.717, 1.165) is 38.5 Å². The number of carbonyl (C=O) groups excluding carboxylic acids is 1. The first-order chi connectivity index (χ1) is 9.29. The van der Waals surface area contributed by atoms with Gasteiger partial charge in [-0.3, -0.25) is 4.79 Å². The van der Waals surface area contributed by atoms with Crippen molar-refractivity contribution in [1.29, 1.82) is 0 Å². The Hall–Kier alpha value is -1.59. The van der Waals surface area contributed by atoms with E-state index in [1.165, 1.54) is 5.56 Å². The highest BCUT2D eigenvalue weighted by molar-refractivity contribution is 5.82. The minimum absolute atomic E-state index is 0.0940. The van der Waals surface area contributed by atoms with Crippen molar-refractivity contribution in [1.82, 2.24) is 10.6 Å². The maximum atomic E-state index is 11.3. The van der Waals surface area contributed by atoms with Crippen molar-refractivity contribution in [3.05, 3.63) is 29.8 Å². The minimum Gasteiger partial charge on any atom is -0.383 e. The van der Waals surface area contributed by atoms with Crippen LogP contribution in [0, 0.1) is 0 Å². The molecule has 19 heavy (non-hydrogen) atoms. The number of nitrogens with one attached hydrogen (secondary N) is 2. The van der Waals surface area contributed by atoms with Gasteiger partial charge in [0, 0.05) is 39.0 Å². The third kappa shape index (κ3) is 4.22. The molecule has 0 aromatic heterocycles. The van der Waals surface area contributed by atoms with Gasteiger partial charge >= 0.3 is 0 Å². The molecule has 0 atom stereocenters. The van der Waals surface area contributed by atoms with Crippen molar-refractivity contribution in [2.75, 3.05) is 44.8 Å². The number of anilines is 1. The highest BCUT2D eigenvalue weighted by Crippen LogP contribution is 2.15. The van der Waals surface area contributed by atoms with Crippen LogP contribution in [0.4, 0.5) is 5.69 Å². The molecule has 0 bridgehead atoms. The molecule has 0 aliphatic carbocycles. The van der Waals surface area contributed by atoms with E-state index in [0.29, 0.717) is 6.54 Å². The van der Waals surface area contributed by atoms with Crippen molar-refractivity contribution >= 4 is 11.6 Å². The maximum absolute atomic E-state index is 11.3. The van der Waals surface area contributed by atoms with Crippen LogP contribution in [0.15, 0.2) is 24.3 Å². The number of hydrogen-bond donors (Lipinski definition) is 2. The van der Waals surface area contributed by atoms with Gasteiger partial charge in [-0.1, -0.05) is 12.1 Å². The quantitative estimate of drug-likeness (QED) is 0.728. The fourth-order valence-electron chi connectivity index (χ4n) is 2.09. The summed E-state index contributed by atoms with van der Waals surface area (Å²) in [7, 11) is 1.70. The van der Waals surface area contributed by atoms with Gasteiger partial charge in [-0.2, -0.15) is 0 Å². The SMILES string of the molecule is COCCNCc1ccc(N2CCNC(=O)C2)cc1. The Morgan fingerprint density at radius 2 is 2.16 bits per heavy atom. The molecule has 1 fully saturated rings. The van der Waals surface area contributed by atoms with Gasteiger partial charge in [0.1, 0.15) is 0 Å². The molecule has 0 unspecified atom stereocenters. The number of piperazine rings is 1. The van der Waals surface area contributed by atoms with Gasteiger partial charge in [-0.25, -0.2) is 0 Å². The Balaban J connectivity index is 1.85. The van der Waals surface area contributed by atoms with Gasteiger partial charge < -0.3 is 20.3 Å². The molecule has 1 amide bonds. The van der Waals surface area contributed by atoms with Crippen LogP contribution in [0.1, 0.15) is 5.56 Å². The molecular weight excluding hydrogens is 242 g/mol. The van der Waals surface area contributed by atoms with E-state index in [9.17, 15) is 4.79 Å². The van der Waals surface area contributed by atoms with Gasteiger partial charge in [0.05, 0.1) is 13.2 Å². The summed E-state index contributed by atoms with van der Waals surface area (Å²) in [6.45, 7) is 4.46. The van der Waals surface area contributed by atoms with E-state index in [-0.39, 0.29) is 5.91 Å². The van der Waals surface area contributed by atoms with Gasteiger partial charge in [0.15, 0.2) is 0 Å². The van der Waals surface area contributed by atoms with E-state index in [1.807, 2.05) is 0 Å². The summed E-state index contributed by atoms with van der Waals surface area (Å²) in [6, 6.07) is 8.35. The summed E-state index contributed by atoms with van der Waals surface area (Å²) in [4.78, 5) is 13.4. The monoisotopic (exact) mass is 263 g/mol. The number of methoxy groups -OCH3 is 1. The molecule has 1 saturated heterocycles. The molecule has 0 radical (unpaired) electrons. The molecule has 0 spiro atoms. The van der Waals surface area contributed by atoms with Crippen LogP contribution in [-0.2, 0) is 16.1 Å². The predicted molar refractivity (Wildman–Crippen MR) is 75.2 cm³/mol. The number of benzene rings is 1.